The molecule has 3 rings (SSSR count). The van der Waals surface area contributed by atoms with Gasteiger partial charge in [-0.3, -0.25) is 0 Å². The summed E-state index contributed by atoms with van der Waals surface area (Å²) in [6, 6.07) is 18.2. The summed E-state index contributed by atoms with van der Waals surface area (Å²) >= 11 is 3.34. The zero-order valence-corrected chi connectivity index (χ0v) is 15.0. The SMILES string of the molecule is CCNc1c(S(=O)(=O)c2ccccc2Br)ccc2ccccc12. The molecule has 0 aliphatic heterocycles. The molecule has 5 heteroatoms. The second-order valence-electron chi connectivity index (χ2n) is 5.12. The summed E-state index contributed by atoms with van der Waals surface area (Å²) in [5.74, 6) is 0. The molecule has 0 aliphatic rings. The van der Waals surface area contributed by atoms with Crippen LogP contribution in [0.1, 0.15) is 6.92 Å². The number of benzene rings is 3. The molecule has 0 atom stereocenters. The third kappa shape index (κ3) is 2.86. The van der Waals surface area contributed by atoms with Crippen molar-refractivity contribution in [3.05, 3.63) is 65.1 Å². The van der Waals surface area contributed by atoms with Crippen molar-refractivity contribution in [1.29, 1.82) is 0 Å². The molecule has 0 amide bonds. The van der Waals surface area contributed by atoms with Crippen molar-refractivity contribution in [2.75, 3.05) is 11.9 Å². The van der Waals surface area contributed by atoms with Crippen molar-refractivity contribution >= 4 is 42.2 Å². The second-order valence-corrected chi connectivity index (χ2v) is 7.86. The maximum Gasteiger partial charge on any atom is 0.209 e. The summed E-state index contributed by atoms with van der Waals surface area (Å²) in [5, 5.41) is 5.13. The van der Waals surface area contributed by atoms with Crippen LogP contribution in [-0.2, 0) is 9.84 Å². The normalized spacial score (nSPS) is 11.6. The third-order valence-electron chi connectivity index (χ3n) is 3.66. The standard InChI is InChI=1S/C18H16BrNO2S/c1-2-20-18-14-8-4-3-7-13(14)11-12-17(18)23(21,22)16-10-6-5-9-15(16)19/h3-12,20H,2H2,1H3. The van der Waals surface area contributed by atoms with Crippen LogP contribution in [0.15, 0.2) is 74.9 Å². The van der Waals surface area contributed by atoms with Gasteiger partial charge in [-0.25, -0.2) is 8.42 Å². The molecule has 0 saturated carbocycles. The molecule has 3 nitrogen and oxygen atoms in total. The molecular weight excluding hydrogens is 374 g/mol. The molecule has 0 aliphatic carbocycles. The average Bonchev–Trinajstić information content (AvgIpc) is 2.55. The number of sulfone groups is 1. The molecule has 0 fully saturated rings. The molecule has 23 heavy (non-hydrogen) atoms. The fourth-order valence-electron chi connectivity index (χ4n) is 2.62. The largest absolute Gasteiger partial charge is 0.384 e. The average molecular weight is 390 g/mol. The molecule has 3 aromatic rings. The summed E-state index contributed by atoms with van der Waals surface area (Å²) < 4.78 is 26.8. The minimum atomic E-state index is -3.62. The summed E-state index contributed by atoms with van der Waals surface area (Å²) in [7, 11) is -3.62. The monoisotopic (exact) mass is 389 g/mol. The van der Waals surface area contributed by atoms with E-state index in [1.165, 1.54) is 0 Å². The Kier molecular flexibility index (Phi) is 4.41. The highest BCUT2D eigenvalue weighted by Crippen LogP contribution is 2.36. The van der Waals surface area contributed by atoms with Crippen LogP contribution in [-0.4, -0.2) is 15.0 Å². The fourth-order valence-corrected chi connectivity index (χ4v) is 5.06. The number of fused-ring (bicyclic) bond motifs is 1. The molecule has 0 saturated heterocycles. The van der Waals surface area contributed by atoms with E-state index < -0.39 is 9.84 Å². The molecule has 3 aromatic carbocycles. The van der Waals surface area contributed by atoms with Crippen molar-refractivity contribution < 1.29 is 8.42 Å². The first kappa shape index (κ1) is 16.0. The minimum absolute atomic E-state index is 0.273. The van der Waals surface area contributed by atoms with Gasteiger partial charge in [0, 0.05) is 16.4 Å². The van der Waals surface area contributed by atoms with E-state index in [1.807, 2.05) is 37.3 Å². The summed E-state index contributed by atoms with van der Waals surface area (Å²) in [6.45, 7) is 2.60. The Morgan fingerprint density at radius 1 is 0.913 bits per heavy atom. The van der Waals surface area contributed by atoms with Crippen LogP contribution in [0.2, 0.25) is 0 Å². The van der Waals surface area contributed by atoms with Gasteiger partial charge in [0.1, 0.15) is 0 Å². The van der Waals surface area contributed by atoms with E-state index in [0.29, 0.717) is 21.6 Å². The van der Waals surface area contributed by atoms with Crippen LogP contribution in [0, 0.1) is 0 Å². The van der Waals surface area contributed by atoms with Crippen molar-refractivity contribution in [1.82, 2.24) is 0 Å². The lowest BCUT2D eigenvalue weighted by atomic mass is 10.1. The van der Waals surface area contributed by atoms with Crippen LogP contribution in [0.3, 0.4) is 0 Å². The van der Waals surface area contributed by atoms with Gasteiger partial charge in [0.2, 0.25) is 9.84 Å². The maximum absolute atomic E-state index is 13.1. The van der Waals surface area contributed by atoms with E-state index in [-0.39, 0.29) is 4.90 Å². The van der Waals surface area contributed by atoms with Gasteiger partial charge in [-0.15, -0.1) is 0 Å². The number of rotatable bonds is 4. The van der Waals surface area contributed by atoms with Crippen LogP contribution in [0.5, 0.6) is 0 Å². The van der Waals surface area contributed by atoms with E-state index in [2.05, 4.69) is 21.2 Å². The van der Waals surface area contributed by atoms with Crippen LogP contribution < -0.4 is 5.32 Å². The molecule has 0 heterocycles. The Morgan fingerprint density at radius 3 is 2.35 bits per heavy atom. The van der Waals surface area contributed by atoms with E-state index in [4.69, 9.17) is 0 Å². The molecule has 0 aromatic heterocycles. The van der Waals surface area contributed by atoms with E-state index in [1.54, 1.807) is 30.3 Å². The Hall–Kier alpha value is -1.85. The highest BCUT2D eigenvalue weighted by Gasteiger charge is 2.24. The lowest BCUT2D eigenvalue weighted by molar-refractivity contribution is 0.596. The zero-order chi connectivity index (χ0) is 16.4. The predicted molar refractivity (Wildman–Crippen MR) is 97.7 cm³/mol. The summed E-state index contributed by atoms with van der Waals surface area (Å²) in [5.41, 5.74) is 0.654. The van der Waals surface area contributed by atoms with Gasteiger partial charge in [0.05, 0.1) is 15.5 Å². The quantitative estimate of drug-likeness (QED) is 0.692. The maximum atomic E-state index is 13.1. The smallest absolute Gasteiger partial charge is 0.209 e. The highest BCUT2D eigenvalue weighted by molar-refractivity contribution is 9.10. The number of halogens is 1. The van der Waals surface area contributed by atoms with Crippen molar-refractivity contribution in [3.8, 4) is 0 Å². The molecule has 0 bridgehead atoms. The molecule has 0 radical (unpaired) electrons. The Balaban J connectivity index is 2.31. The zero-order valence-electron chi connectivity index (χ0n) is 12.6. The molecule has 0 spiro atoms. The first-order valence-electron chi connectivity index (χ1n) is 7.31. The van der Waals surface area contributed by atoms with Crippen molar-refractivity contribution in [2.24, 2.45) is 0 Å². The summed E-state index contributed by atoms with van der Waals surface area (Å²) in [4.78, 5) is 0.569. The molecule has 0 unspecified atom stereocenters. The molecule has 118 valence electrons. The van der Waals surface area contributed by atoms with Crippen LogP contribution in [0.25, 0.3) is 10.8 Å². The van der Waals surface area contributed by atoms with Gasteiger partial charge in [-0.05, 0) is 46.4 Å². The van der Waals surface area contributed by atoms with Gasteiger partial charge in [-0.1, -0.05) is 42.5 Å². The van der Waals surface area contributed by atoms with Crippen molar-refractivity contribution in [3.63, 3.8) is 0 Å². The number of anilines is 1. The van der Waals surface area contributed by atoms with E-state index in [9.17, 15) is 8.42 Å². The third-order valence-corrected chi connectivity index (χ3v) is 6.47. The second kappa shape index (κ2) is 6.34. The molecular formula is C18H16BrNO2S. The number of nitrogens with one attached hydrogen (secondary N) is 1. The Bertz CT molecular complexity index is 968. The van der Waals surface area contributed by atoms with Gasteiger partial charge in [0.15, 0.2) is 0 Å². The minimum Gasteiger partial charge on any atom is -0.384 e. The Labute approximate surface area is 144 Å². The van der Waals surface area contributed by atoms with Gasteiger partial charge >= 0.3 is 0 Å². The Morgan fingerprint density at radius 2 is 1.61 bits per heavy atom. The topological polar surface area (TPSA) is 46.2 Å². The van der Waals surface area contributed by atoms with Gasteiger partial charge < -0.3 is 5.32 Å². The highest BCUT2D eigenvalue weighted by atomic mass is 79.9. The molecule has 1 N–H and O–H groups in total. The lowest BCUT2D eigenvalue weighted by Crippen LogP contribution is -2.08. The lowest BCUT2D eigenvalue weighted by Gasteiger charge is -2.15. The van der Waals surface area contributed by atoms with Crippen LogP contribution in [0.4, 0.5) is 5.69 Å². The van der Waals surface area contributed by atoms with Crippen molar-refractivity contribution in [2.45, 2.75) is 16.7 Å². The number of hydrogen-bond donors (Lipinski definition) is 1. The van der Waals surface area contributed by atoms with Gasteiger partial charge in [0.25, 0.3) is 0 Å². The first-order valence-corrected chi connectivity index (χ1v) is 9.58. The fraction of sp³-hybridized carbons (Fsp3) is 0.111. The number of hydrogen-bond acceptors (Lipinski definition) is 3. The van der Waals surface area contributed by atoms with E-state index in [0.717, 1.165) is 10.8 Å². The summed E-state index contributed by atoms with van der Waals surface area (Å²) in [6.07, 6.45) is 0. The van der Waals surface area contributed by atoms with Gasteiger partial charge in [-0.2, -0.15) is 0 Å². The predicted octanol–water partition coefficient (Wildman–Crippen LogP) is 4.87. The van der Waals surface area contributed by atoms with E-state index >= 15 is 0 Å². The first-order chi connectivity index (χ1) is 11.1. The van der Waals surface area contributed by atoms with Crippen LogP contribution >= 0.6 is 15.9 Å².